The second kappa shape index (κ2) is 4.96. The predicted molar refractivity (Wildman–Crippen MR) is 60.7 cm³/mol. The van der Waals surface area contributed by atoms with Crippen molar-refractivity contribution in [1.82, 2.24) is 4.98 Å². The average Bonchev–Trinajstić information content (AvgIpc) is 1.99. The minimum atomic E-state index is -1.02. The van der Waals surface area contributed by atoms with Crippen LogP contribution in [0.5, 0.6) is 0 Å². The molecule has 15 heavy (non-hydrogen) atoms. The fraction of sp³-hybridized carbons (Fsp3) is 0.400. The molecule has 0 saturated carbocycles. The molecule has 0 aliphatic rings. The third-order valence-corrected chi connectivity index (χ3v) is 2.62. The second-order valence-electron chi connectivity index (χ2n) is 3.61. The molecule has 2 nitrogen and oxygen atoms in total. The maximum atomic E-state index is 13.2. The van der Waals surface area contributed by atoms with Crippen LogP contribution in [0.25, 0.3) is 0 Å². The highest BCUT2D eigenvalue weighted by atomic mass is 127. The van der Waals surface area contributed by atoms with Gasteiger partial charge in [-0.05, 0) is 28.5 Å². The summed E-state index contributed by atoms with van der Waals surface area (Å²) in [6.07, 6.45) is 0.236. The third-order valence-electron chi connectivity index (χ3n) is 1.77. The Kier molecular flexibility index (Phi) is 4.12. The maximum Gasteiger partial charge on any atom is 0.227 e. The van der Waals surface area contributed by atoms with Crippen LogP contribution in [0, 0.1) is 21.4 Å². The molecule has 0 N–H and O–H groups in total. The molecule has 0 spiro atoms. The molecular weight excluding hydrogens is 315 g/mol. The lowest BCUT2D eigenvalue weighted by Crippen LogP contribution is -2.10. The van der Waals surface area contributed by atoms with E-state index in [0.29, 0.717) is 0 Å². The van der Waals surface area contributed by atoms with E-state index in [1.807, 2.05) is 13.8 Å². The number of halogens is 3. The lowest BCUT2D eigenvalue weighted by atomic mass is 10.0. The minimum Gasteiger partial charge on any atom is -0.294 e. The average molecular weight is 325 g/mol. The van der Waals surface area contributed by atoms with Crippen LogP contribution in [0.4, 0.5) is 8.78 Å². The van der Waals surface area contributed by atoms with Crippen molar-refractivity contribution in [1.29, 1.82) is 0 Å². The van der Waals surface area contributed by atoms with Crippen LogP contribution in [0.3, 0.4) is 0 Å². The van der Waals surface area contributed by atoms with Crippen molar-refractivity contribution < 1.29 is 13.6 Å². The Morgan fingerprint density at radius 1 is 1.53 bits per heavy atom. The van der Waals surface area contributed by atoms with Crippen LogP contribution in [0.1, 0.15) is 30.6 Å². The number of aromatic nitrogens is 1. The van der Waals surface area contributed by atoms with Crippen LogP contribution in [0.15, 0.2) is 6.07 Å². The molecule has 1 rings (SSSR count). The SMILES string of the molecule is CC(C)CC(=O)c1c(I)cc(F)nc1F. The molecule has 0 unspecified atom stereocenters. The van der Waals surface area contributed by atoms with Crippen LogP contribution < -0.4 is 0 Å². The Bertz CT molecular complexity index is 370. The predicted octanol–water partition coefficient (Wildman–Crippen LogP) is 3.19. The molecule has 0 amide bonds. The summed E-state index contributed by atoms with van der Waals surface area (Å²) in [6, 6.07) is 1.05. The van der Waals surface area contributed by atoms with Crippen LogP contribution in [-0.4, -0.2) is 10.8 Å². The number of hydrogen-bond donors (Lipinski definition) is 0. The summed E-state index contributed by atoms with van der Waals surface area (Å²) >= 11 is 1.73. The molecule has 0 fully saturated rings. The topological polar surface area (TPSA) is 30.0 Å². The van der Waals surface area contributed by atoms with Gasteiger partial charge in [-0.15, -0.1) is 0 Å². The van der Waals surface area contributed by atoms with E-state index in [1.54, 1.807) is 22.6 Å². The number of nitrogens with zero attached hydrogens (tertiary/aromatic N) is 1. The van der Waals surface area contributed by atoms with Crippen molar-refractivity contribution >= 4 is 28.4 Å². The smallest absolute Gasteiger partial charge is 0.227 e. The number of pyridine rings is 1. The third kappa shape index (κ3) is 3.19. The van der Waals surface area contributed by atoms with Gasteiger partial charge in [0.05, 0.1) is 5.56 Å². The van der Waals surface area contributed by atoms with Gasteiger partial charge in [0.15, 0.2) is 5.78 Å². The molecule has 0 saturated heterocycles. The molecule has 1 aromatic heterocycles. The normalized spacial score (nSPS) is 10.8. The summed E-state index contributed by atoms with van der Waals surface area (Å²) in [4.78, 5) is 14.6. The van der Waals surface area contributed by atoms with E-state index >= 15 is 0 Å². The first-order valence-corrected chi connectivity index (χ1v) is 5.54. The van der Waals surface area contributed by atoms with Crippen molar-refractivity contribution in [3.8, 4) is 0 Å². The number of ketones is 1. The fourth-order valence-electron chi connectivity index (χ4n) is 1.18. The van der Waals surface area contributed by atoms with E-state index in [9.17, 15) is 13.6 Å². The quantitative estimate of drug-likeness (QED) is 0.485. The van der Waals surface area contributed by atoms with Gasteiger partial charge < -0.3 is 0 Å². The Morgan fingerprint density at radius 2 is 2.13 bits per heavy atom. The van der Waals surface area contributed by atoms with Gasteiger partial charge in [-0.1, -0.05) is 13.8 Å². The Balaban J connectivity index is 3.09. The minimum absolute atomic E-state index is 0.106. The number of carbonyl (C=O) groups is 1. The van der Waals surface area contributed by atoms with E-state index in [1.165, 1.54) is 0 Å². The fourth-order valence-corrected chi connectivity index (χ4v) is 1.96. The van der Waals surface area contributed by atoms with E-state index in [2.05, 4.69) is 4.98 Å². The summed E-state index contributed by atoms with van der Waals surface area (Å²) < 4.78 is 26.2. The summed E-state index contributed by atoms with van der Waals surface area (Å²) in [5.74, 6) is -2.12. The standard InChI is InChI=1S/C10H10F2INO/c1-5(2)3-7(15)9-6(13)4-8(11)14-10(9)12/h4-5H,3H2,1-2H3. The molecule has 0 aromatic carbocycles. The summed E-state index contributed by atoms with van der Waals surface area (Å²) in [7, 11) is 0. The monoisotopic (exact) mass is 325 g/mol. The number of Topliss-reactive ketones (excluding diaryl/α,β-unsaturated/α-hetero) is 1. The van der Waals surface area contributed by atoms with Gasteiger partial charge in [0.25, 0.3) is 0 Å². The van der Waals surface area contributed by atoms with Crippen molar-refractivity contribution in [3.05, 3.63) is 27.1 Å². The Morgan fingerprint density at radius 3 is 2.60 bits per heavy atom. The van der Waals surface area contributed by atoms with E-state index < -0.39 is 11.9 Å². The van der Waals surface area contributed by atoms with Gasteiger partial charge in [-0.25, -0.2) is 0 Å². The number of rotatable bonds is 3. The van der Waals surface area contributed by atoms with Crippen LogP contribution in [-0.2, 0) is 0 Å². The molecular formula is C10H10F2INO. The van der Waals surface area contributed by atoms with Crippen molar-refractivity contribution in [2.45, 2.75) is 20.3 Å². The van der Waals surface area contributed by atoms with E-state index in [-0.39, 0.29) is 27.3 Å². The van der Waals surface area contributed by atoms with Crippen molar-refractivity contribution in [2.75, 3.05) is 0 Å². The first-order chi connectivity index (χ1) is 6.91. The zero-order valence-electron chi connectivity index (χ0n) is 8.35. The largest absolute Gasteiger partial charge is 0.294 e. The van der Waals surface area contributed by atoms with Gasteiger partial charge in [-0.2, -0.15) is 13.8 Å². The Labute approximate surface area is 100 Å². The molecule has 82 valence electrons. The second-order valence-corrected chi connectivity index (χ2v) is 4.78. The molecule has 0 aliphatic heterocycles. The highest BCUT2D eigenvalue weighted by Crippen LogP contribution is 2.19. The highest BCUT2D eigenvalue weighted by molar-refractivity contribution is 14.1. The molecule has 1 aromatic rings. The zero-order chi connectivity index (χ0) is 11.6. The molecule has 1 heterocycles. The van der Waals surface area contributed by atoms with Crippen LogP contribution >= 0.6 is 22.6 Å². The zero-order valence-corrected chi connectivity index (χ0v) is 10.5. The molecule has 0 atom stereocenters. The summed E-state index contributed by atoms with van der Waals surface area (Å²) in [5.41, 5.74) is -0.106. The Hall–Kier alpha value is -0.590. The molecule has 5 heteroatoms. The van der Waals surface area contributed by atoms with Gasteiger partial charge in [0, 0.05) is 16.1 Å². The number of hydrogen-bond acceptors (Lipinski definition) is 2. The molecule has 0 radical (unpaired) electrons. The van der Waals surface area contributed by atoms with Crippen LogP contribution in [0.2, 0.25) is 0 Å². The van der Waals surface area contributed by atoms with Crippen molar-refractivity contribution in [3.63, 3.8) is 0 Å². The maximum absolute atomic E-state index is 13.2. The lowest BCUT2D eigenvalue weighted by molar-refractivity contribution is 0.0961. The van der Waals surface area contributed by atoms with E-state index in [4.69, 9.17) is 0 Å². The van der Waals surface area contributed by atoms with Gasteiger partial charge in [0.1, 0.15) is 0 Å². The first-order valence-electron chi connectivity index (χ1n) is 4.46. The summed E-state index contributed by atoms with van der Waals surface area (Å²) in [5, 5.41) is 0. The van der Waals surface area contributed by atoms with Gasteiger partial charge in [-0.3, -0.25) is 4.79 Å². The first kappa shape index (κ1) is 12.5. The summed E-state index contributed by atoms with van der Waals surface area (Å²) in [6.45, 7) is 3.72. The lowest BCUT2D eigenvalue weighted by Gasteiger charge is -2.06. The van der Waals surface area contributed by atoms with E-state index in [0.717, 1.165) is 6.07 Å². The van der Waals surface area contributed by atoms with Crippen molar-refractivity contribution in [2.24, 2.45) is 5.92 Å². The van der Waals surface area contributed by atoms with Gasteiger partial charge >= 0.3 is 0 Å². The highest BCUT2D eigenvalue weighted by Gasteiger charge is 2.19. The van der Waals surface area contributed by atoms with Gasteiger partial charge in [0.2, 0.25) is 11.9 Å². The molecule has 0 aliphatic carbocycles. The molecule has 0 bridgehead atoms. The number of carbonyl (C=O) groups excluding carboxylic acids is 1.